The molecule has 0 atom stereocenters. The summed E-state index contributed by atoms with van der Waals surface area (Å²) in [5.41, 5.74) is 0.722. The first kappa shape index (κ1) is 14.0. The number of halogens is 3. The first-order valence-electron chi connectivity index (χ1n) is 6.04. The molecule has 0 unspecified atom stereocenters. The lowest BCUT2D eigenvalue weighted by Crippen LogP contribution is -1.96. The van der Waals surface area contributed by atoms with Crippen molar-refractivity contribution < 1.29 is 4.39 Å². The van der Waals surface area contributed by atoms with E-state index in [1.807, 2.05) is 0 Å². The van der Waals surface area contributed by atoms with E-state index in [0.29, 0.717) is 16.7 Å². The van der Waals surface area contributed by atoms with Crippen molar-refractivity contribution in [2.75, 3.05) is 0 Å². The number of hydrogen-bond donors (Lipinski definition) is 0. The molecule has 0 saturated carbocycles. The Labute approximate surface area is 130 Å². The van der Waals surface area contributed by atoms with E-state index in [4.69, 9.17) is 23.2 Å². The molecule has 4 nitrogen and oxygen atoms in total. The van der Waals surface area contributed by atoms with Gasteiger partial charge >= 0.3 is 0 Å². The molecule has 0 bridgehead atoms. The van der Waals surface area contributed by atoms with E-state index in [9.17, 15) is 4.39 Å². The summed E-state index contributed by atoms with van der Waals surface area (Å²) in [4.78, 5) is 8.49. The Morgan fingerprint density at radius 2 is 1.81 bits per heavy atom. The molecule has 0 amide bonds. The molecule has 0 radical (unpaired) electrons. The van der Waals surface area contributed by atoms with Crippen LogP contribution in [0.1, 0.15) is 0 Å². The average Bonchev–Trinajstić information content (AvgIpc) is 2.80. The van der Waals surface area contributed by atoms with Crippen LogP contribution in [0.4, 0.5) is 4.39 Å². The van der Waals surface area contributed by atoms with E-state index in [1.165, 1.54) is 16.8 Å². The van der Waals surface area contributed by atoms with Gasteiger partial charge in [0.25, 0.3) is 0 Å². The number of pyridine rings is 1. The molecule has 0 saturated heterocycles. The normalized spacial score (nSPS) is 10.9. The van der Waals surface area contributed by atoms with Gasteiger partial charge in [0.2, 0.25) is 0 Å². The highest BCUT2D eigenvalue weighted by Crippen LogP contribution is 2.29. The standard InChI is InChI=1S/C14H9Cl2FN4/c1-21-14(10-6-3-7-11(16)18-10)19-13(20-21)12-8(15)4-2-5-9(12)17/h2-7H,1H3. The monoisotopic (exact) mass is 322 g/mol. The van der Waals surface area contributed by atoms with Gasteiger partial charge in [-0.25, -0.2) is 19.0 Å². The molecule has 0 aliphatic carbocycles. The molecular formula is C14H9Cl2FN4. The van der Waals surface area contributed by atoms with Gasteiger partial charge in [0.15, 0.2) is 11.6 Å². The van der Waals surface area contributed by atoms with Crippen LogP contribution in [0.15, 0.2) is 36.4 Å². The maximum absolute atomic E-state index is 13.9. The third-order valence-electron chi connectivity index (χ3n) is 2.89. The lowest BCUT2D eigenvalue weighted by Gasteiger charge is -2.00. The van der Waals surface area contributed by atoms with Gasteiger partial charge in [-0.1, -0.05) is 35.3 Å². The molecule has 0 fully saturated rings. The highest BCUT2D eigenvalue weighted by Gasteiger charge is 2.17. The van der Waals surface area contributed by atoms with Crippen molar-refractivity contribution in [1.82, 2.24) is 19.7 Å². The molecule has 0 aliphatic rings. The van der Waals surface area contributed by atoms with E-state index in [-0.39, 0.29) is 16.4 Å². The van der Waals surface area contributed by atoms with Crippen molar-refractivity contribution >= 4 is 23.2 Å². The predicted molar refractivity (Wildman–Crippen MR) is 79.6 cm³/mol. The number of hydrogen-bond acceptors (Lipinski definition) is 3. The van der Waals surface area contributed by atoms with E-state index < -0.39 is 5.82 Å². The van der Waals surface area contributed by atoms with Crippen LogP contribution in [0.5, 0.6) is 0 Å². The molecule has 3 aromatic rings. The van der Waals surface area contributed by atoms with Gasteiger partial charge in [-0.3, -0.25) is 0 Å². The molecule has 3 rings (SSSR count). The Balaban J connectivity index is 2.14. The molecule has 106 valence electrons. The fourth-order valence-electron chi connectivity index (χ4n) is 1.96. The van der Waals surface area contributed by atoms with Gasteiger partial charge in [0.1, 0.15) is 16.7 Å². The zero-order valence-corrected chi connectivity index (χ0v) is 12.4. The second-order valence-corrected chi connectivity index (χ2v) is 5.12. The number of nitrogens with zero attached hydrogens (tertiary/aromatic N) is 4. The van der Waals surface area contributed by atoms with Gasteiger partial charge in [0, 0.05) is 7.05 Å². The van der Waals surface area contributed by atoms with Gasteiger partial charge < -0.3 is 0 Å². The van der Waals surface area contributed by atoms with Crippen molar-refractivity contribution in [3.05, 3.63) is 52.4 Å². The minimum Gasteiger partial charge on any atom is -0.247 e. The third-order valence-corrected chi connectivity index (χ3v) is 3.42. The number of benzene rings is 1. The van der Waals surface area contributed by atoms with Gasteiger partial charge in [-0.2, -0.15) is 5.10 Å². The lowest BCUT2D eigenvalue weighted by molar-refractivity contribution is 0.629. The Hall–Kier alpha value is -1.98. The summed E-state index contributed by atoms with van der Waals surface area (Å²) in [5.74, 6) is 0.211. The zero-order valence-electron chi connectivity index (χ0n) is 10.9. The SMILES string of the molecule is Cn1nc(-c2c(F)cccc2Cl)nc1-c1cccc(Cl)n1. The van der Waals surface area contributed by atoms with Crippen LogP contribution in [0.3, 0.4) is 0 Å². The van der Waals surface area contributed by atoms with Crippen molar-refractivity contribution in [3.8, 4) is 22.9 Å². The van der Waals surface area contributed by atoms with E-state index >= 15 is 0 Å². The van der Waals surface area contributed by atoms with Gasteiger partial charge in [-0.05, 0) is 24.3 Å². The van der Waals surface area contributed by atoms with Crippen molar-refractivity contribution in [2.24, 2.45) is 7.05 Å². The van der Waals surface area contributed by atoms with Crippen molar-refractivity contribution in [2.45, 2.75) is 0 Å². The molecule has 21 heavy (non-hydrogen) atoms. The Morgan fingerprint density at radius 1 is 1.05 bits per heavy atom. The molecule has 0 spiro atoms. The molecule has 0 aliphatic heterocycles. The average molecular weight is 323 g/mol. The largest absolute Gasteiger partial charge is 0.247 e. The summed E-state index contributed by atoms with van der Waals surface area (Å²) in [6.07, 6.45) is 0. The predicted octanol–water partition coefficient (Wildman–Crippen LogP) is 3.99. The van der Waals surface area contributed by atoms with Crippen LogP contribution >= 0.6 is 23.2 Å². The number of aromatic nitrogens is 4. The van der Waals surface area contributed by atoms with Crippen LogP contribution in [-0.4, -0.2) is 19.7 Å². The first-order chi connectivity index (χ1) is 10.1. The van der Waals surface area contributed by atoms with Crippen molar-refractivity contribution in [1.29, 1.82) is 0 Å². The Morgan fingerprint density at radius 3 is 2.52 bits per heavy atom. The van der Waals surface area contributed by atoms with Crippen LogP contribution in [0, 0.1) is 5.82 Å². The fraction of sp³-hybridized carbons (Fsp3) is 0.0714. The molecule has 2 heterocycles. The quantitative estimate of drug-likeness (QED) is 0.670. The summed E-state index contributed by atoms with van der Waals surface area (Å²) in [5, 5.41) is 4.81. The van der Waals surface area contributed by atoms with Crippen LogP contribution < -0.4 is 0 Å². The molecule has 0 N–H and O–H groups in total. The summed E-state index contributed by atoms with van der Waals surface area (Å²) < 4.78 is 15.4. The Kier molecular flexibility index (Phi) is 3.61. The van der Waals surface area contributed by atoms with Crippen LogP contribution in [-0.2, 0) is 7.05 Å². The topological polar surface area (TPSA) is 43.6 Å². The second kappa shape index (κ2) is 5.42. The van der Waals surface area contributed by atoms with Crippen LogP contribution in [0.2, 0.25) is 10.2 Å². The fourth-order valence-corrected chi connectivity index (χ4v) is 2.37. The van der Waals surface area contributed by atoms with Gasteiger partial charge in [0.05, 0.1) is 10.6 Å². The van der Waals surface area contributed by atoms with E-state index in [1.54, 1.807) is 31.3 Å². The minimum atomic E-state index is -0.473. The van der Waals surface area contributed by atoms with Crippen molar-refractivity contribution in [3.63, 3.8) is 0 Å². The summed E-state index contributed by atoms with van der Waals surface area (Å²) in [6.45, 7) is 0. The van der Waals surface area contributed by atoms with E-state index in [2.05, 4.69) is 15.1 Å². The zero-order chi connectivity index (χ0) is 15.0. The van der Waals surface area contributed by atoms with Crippen LogP contribution in [0.25, 0.3) is 22.9 Å². The lowest BCUT2D eigenvalue weighted by atomic mass is 10.2. The summed E-state index contributed by atoms with van der Waals surface area (Å²) in [6, 6.07) is 9.61. The smallest absolute Gasteiger partial charge is 0.186 e. The highest BCUT2D eigenvalue weighted by atomic mass is 35.5. The maximum atomic E-state index is 13.9. The summed E-state index contributed by atoms with van der Waals surface area (Å²) >= 11 is 11.9. The second-order valence-electron chi connectivity index (χ2n) is 4.32. The highest BCUT2D eigenvalue weighted by molar-refractivity contribution is 6.33. The minimum absolute atomic E-state index is 0.169. The Bertz CT molecular complexity index is 796. The summed E-state index contributed by atoms with van der Waals surface area (Å²) in [7, 11) is 1.70. The number of aryl methyl sites for hydroxylation is 1. The third kappa shape index (κ3) is 2.62. The van der Waals surface area contributed by atoms with E-state index in [0.717, 1.165) is 0 Å². The molecular weight excluding hydrogens is 314 g/mol. The maximum Gasteiger partial charge on any atom is 0.186 e. The molecule has 2 aromatic heterocycles. The molecule has 1 aromatic carbocycles. The molecule has 7 heteroatoms. The number of rotatable bonds is 2. The first-order valence-corrected chi connectivity index (χ1v) is 6.80. The van der Waals surface area contributed by atoms with Gasteiger partial charge in [-0.15, -0.1) is 0 Å².